The van der Waals surface area contributed by atoms with Gasteiger partial charge in [-0.3, -0.25) is 9.48 Å². The summed E-state index contributed by atoms with van der Waals surface area (Å²) in [5.41, 5.74) is 2.14. The molecule has 1 aromatic carbocycles. The zero-order valence-corrected chi connectivity index (χ0v) is 18.0. The standard InChI is InChI=1S/C20H28N4O4S/c1-4-28-18-9-8-17(21-20(25)14-24-16(3)12-15(2)22-24)13-19(18)29(26,27)23-10-6-5-7-11-23/h8-9,12-13H,4-7,10-11,14H2,1-3H3,(H,21,25). The Balaban J connectivity index is 1.84. The molecule has 8 nitrogen and oxygen atoms in total. The van der Waals surface area contributed by atoms with E-state index < -0.39 is 10.0 Å². The summed E-state index contributed by atoms with van der Waals surface area (Å²) in [4.78, 5) is 12.5. The maximum Gasteiger partial charge on any atom is 0.246 e. The SMILES string of the molecule is CCOc1ccc(NC(=O)Cn2nc(C)cc2C)cc1S(=O)(=O)N1CCCCC1. The van der Waals surface area contributed by atoms with Gasteiger partial charge in [0.25, 0.3) is 0 Å². The number of sulfonamides is 1. The topological polar surface area (TPSA) is 93.5 Å². The van der Waals surface area contributed by atoms with Crippen LogP contribution >= 0.6 is 0 Å². The third kappa shape index (κ3) is 4.97. The van der Waals surface area contributed by atoms with Crippen LogP contribution in [-0.4, -0.2) is 48.1 Å². The number of hydrogen-bond donors (Lipinski definition) is 1. The molecule has 0 radical (unpaired) electrons. The molecule has 0 saturated carbocycles. The Morgan fingerprint density at radius 1 is 1.17 bits per heavy atom. The lowest BCUT2D eigenvalue weighted by Crippen LogP contribution is -2.35. The Bertz CT molecular complexity index is 978. The van der Waals surface area contributed by atoms with E-state index in [4.69, 9.17) is 4.74 Å². The Morgan fingerprint density at radius 2 is 1.90 bits per heavy atom. The summed E-state index contributed by atoms with van der Waals surface area (Å²) in [5.74, 6) is 0.0244. The second-order valence-corrected chi connectivity index (χ2v) is 9.10. The van der Waals surface area contributed by atoms with Gasteiger partial charge < -0.3 is 10.1 Å². The summed E-state index contributed by atoms with van der Waals surface area (Å²) in [5, 5.41) is 7.05. The van der Waals surface area contributed by atoms with Crippen LogP contribution in [0.1, 0.15) is 37.6 Å². The number of amides is 1. The van der Waals surface area contributed by atoms with E-state index in [-0.39, 0.29) is 17.3 Å². The van der Waals surface area contributed by atoms with E-state index in [1.54, 1.807) is 23.7 Å². The molecular weight excluding hydrogens is 392 g/mol. The van der Waals surface area contributed by atoms with E-state index in [1.807, 2.05) is 19.9 Å². The van der Waals surface area contributed by atoms with Crippen LogP contribution in [0.25, 0.3) is 0 Å². The second kappa shape index (κ2) is 8.96. The molecule has 158 valence electrons. The molecule has 0 spiro atoms. The summed E-state index contributed by atoms with van der Waals surface area (Å²) >= 11 is 0. The van der Waals surface area contributed by atoms with E-state index in [2.05, 4.69) is 10.4 Å². The first-order chi connectivity index (χ1) is 13.8. The lowest BCUT2D eigenvalue weighted by molar-refractivity contribution is -0.116. The largest absolute Gasteiger partial charge is 0.492 e. The molecule has 0 aliphatic carbocycles. The number of piperidine rings is 1. The Morgan fingerprint density at radius 3 is 2.52 bits per heavy atom. The minimum atomic E-state index is -3.70. The average molecular weight is 421 g/mol. The molecule has 1 amide bonds. The maximum absolute atomic E-state index is 13.2. The van der Waals surface area contributed by atoms with Gasteiger partial charge >= 0.3 is 0 Å². The van der Waals surface area contributed by atoms with Crippen LogP contribution in [0.5, 0.6) is 5.75 Å². The van der Waals surface area contributed by atoms with E-state index in [0.29, 0.717) is 31.1 Å². The monoisotopic (exact) mass is 420 g/mol. The number of aromatic nitrogens is 2. The first-order valence-corrected chi connectivity index (χ1v) is 11.3. The van der Waals surface area contributed by atoms with Gasteiger partial charge in [0.15, 0.2) is 0 Å². The molecule has 1 N–H and O–H groups in total. The quantitative estimate of drug-likeness (QED) is 0.743. The molecule has 1 aromatic heterocycles. The molecule has 3 rings (SSSR count). The van der Waals surface area contributed by atoms with Crippen molar-refractivity contribution in [1.82, 2.24) is 14.1 Å². The Hall–Kier alpha value is -2.39. The minimum Gasteiger partial charge on any atom is -0.492 e. The molecular formula is C20H28N4O4S. The lowest BCUT2D eigenvalue weighted by Gasteiger charge is -2.27. The lowest BCUT2D eigenvalue weighted by atomic mass is 10.2. The summed E-state index contributed by atoms with van der Waals surface area (Å²) in [6.07, 6.45) is 2.73. The Kier molecular flexibility index (Phi) is 6.59. The summed E-state index contributed by atoms with van der Waals surface area (Å²) in [6, 6.07) is 6.63. The normalized spacial score (nSPS) is 15.3. The van der Waals surface area contributed by atoms with Crippen molar-refractivity contribution in [2.24, 2.45) is 0 Å². The number of nitrogens with zero attached hydrogens (tertiary/aromatic N) is 3. The van der Waals surface area contributed by atoms with E-state index in [0.717, 1.165) is 30.7 Å². The molecule has 2 aromatic rings. The van der Waals surface area contributed by atoms with E-state index in [1.165, 1.54) is 10.4 Å². The van der Waals surface area contributed by atoms with Crippen molar-refractivity contribution in [2.75, 3.05) is 25.0 Å². The number of carbonyl (C=O) groups excluding carboxylic acids is 1. The highest BCUT2D eigenvalue weighted by Gasteiger charge is 2.29. The predicted molar refractivity (Wildman–Crippen MR) is 111 cm³/mol. The van der Waals surface area contributed by atoms with Crippen molar-refractivity contribution in [3.8, 4) is 5.75 Å². The van der Waals surface area contributed by atoms with Crippen LogP contribution in [0.15, 0.2) is 29.2 Å². The van der Waals surface area contributed by atoms with Gasteiger partial charge in [-0.1, -0.05) is 6.42 Å². The summed E-state index contributed by atoms with van der Waals surface area (Å²) in [7, 11) is -3.70. The summed E-state index contributed by atoms with van der Waals surface area (Å²) in [6.45, 7) is 6.97. The maximum atomic E-state index is 13.2. The fourth-order valence-electron chi connectivity index (χ4n) is 3.48. The molecule has 0 unspecified atom stereocenters. The zero-order chi connectivity index (χ0) is 21.0. The molecule has 1 aliphatic heterocycles. The first kappa shape index (κ1) is 21.3. The van der Waals surface area contributed by atoms with Crippen LogP contribution in [0.4, 0.5) is 5.69 Å². The number of benzene rings is 1. The number of hydrogen-bond acceptors (Lipinski definition) is 5. The number of aryl methyl sites for hydroxylation is 2. The van der Waals surface area contributed by atoms with Gasteiger partial charge in [0, 0.05) is 24.5 Å². The molecule has 0 bridgehead atoms. The third-order valence-corrected chi connectivity index (χ3v) is 6.78. The molecule has 2 heterocycles. The number of rotatable bonds is 7. The van der Waals surface area contributed by atoms with Gasteiger partial charge in [-0.25, -0.2) is 8.42 Å². The van der Waals surface area contributed by atoms with Crippen molar-refractivity contribution in [3.05, 3.63) is 35.7 Å². The highest BCUT2D eigenvalue weighted by molar-refractivity contribution is 7.89. The predicted octanol–water partition coefficient (Wildman–Crippen LogP) is 2.71. The van der Waals surface area contributed by atoms with E-state index >= 15 is 0 Å². The number of ether oxygens (including phenoxy) is 1. The molecule has 1 aliphatic rings. The van der Waals surface area contributed by atoms with E-state index in [9.17, 15) is 13.2 Å². The van der Waals surface area contributed by atoms with Crippen LogP contribution in [-0.2, 0) is 21.4 Å². The van der Waals surface area contributed by atoms with Crippen LogP contribution < -0.4 is 10.1 Å². The highest BCUT2D eigenvalue weighted by atomic mass is 32.2. The van der Waals surface area contributed by atoms with Gasteiger partial charge in [-0.2, -0.15) is 9.40 Å². The zero-order valence-electron chi connectivity index (χ0n) is 17.1. The molecule has 1 saturated heterocycles. The van der Waals surface area contributed by atoms with Crippen molar-refractivity contribution < 1.29 is 17.9 Å². The van der Waals surface area contributed by atoms with Gasteiger partial charge in [0.1, 0.15) is 17.2 Å². The van der Waals surface area contributed by atoms with Gasteiger partial charge in [-0.15, -0.1) is 0 Å². The number of nitrogens with one attached hydrogen (secondary N) is 1. The van der Waals surface area contributed by atoms with Crippen molar-refractivity contribution in [3.63, 3.8) is 0 Å². The minimum absolute atomic E-state index is 0.0566. The van der Waals surface area contributed by atoms with Gasteiger partial charge in [0.05, 0.1) is 12.3 Å². The third-order valence-electron chi connectivity index (χ3n) is 4.86. The number of anilines is 1. The van der Waals surface area contributed by atoms with Crippen molar-refractivity contribution >= 4 is 21.6 Å². The highest BCUT2D eigenvalue weighted by Crippen LogP contribution is 2.31. The second-order valence-electron chi connectivity index (χ2n) is 7.19. The van der Waals surface area contributed by atoms with Gasteiger partial charge in [0.2, 0.25) is 15.9 Å². The van der Waals surface area contributed by atoms with Crippen LogP contribution in [0.2, 0.25) is 0 Å². The summed E-state index contributed by atoms with van der Waals surface area (Å²) < 4.78 is 35.0. The first-order valence-electron chi connectivity index (χ1n) is 9.89. The van der Waals surface area contributed by atoms with Crippen molar-refractivity contribution in [1.29, 1.82) is 0 Å². The molecule has 0 atom stereocenters. The van der Waals surface area contributed by atoms with Crippen molar-refractivity contribution in [2.45, 2.75) is 51.5 Å². The number of carbonyl (C=O) groups is 1. The molecule has 29 heavy (non-hydrogen) atoms. The van der Waals surface area contributed by atoms with Crippen LogP contribution in [0, 0.1) is 13.8 Å². The van der Waals surface area contributed by atoms with Gasteiger partial charge in [-0.05, 0) is 57.9 Å². The molecule has 1 fully saturated rings. The fraction of sp³-hybridized carbons (Fsp3) is 0.500. The smallest absolute Gasteiger partial charge is 0.246 e. The average Bonchev–Trinajstić information content (AvgIpc) is 3.00. The Labute approximate surface area is 171 Å². The molecule has 9 heteroatoms. The fourth-order valence-corrected chi connectivity index (χ4v) is 5.15. The van der Waals surface area contributed by atoms with Crippen LogP contribution in [0.3, 0.4) is 0 Å².